The molecule has 0 aromatic heterocycles. The molecule has 0 fully saturated rings. The van der Waals surface area contributed by atoms with Crippen LogP contribution in [0.4, 0.5) is 0 Å². The molecule has 0 radical (unpaired) electrons. The lowest BCUT2D eigenvalue weighted by Gasteiger charge is -2.35. The first kappa shape index (κ1) is 40.0. The maximum Gasteiger partial charge on any atom is 0.647 e. The maximum atomic E-state index is 13.1. The molecule has 0 atom stereocenters. The van der Waals surface area contributed by atoms with Gasteiger partial charge in [0.2, 0.25) is 0 Å². The first-order chi connectivity index (χ1) is 25.4. The first-order valence-electron chi connectivity index (χ1n) is 16.1. The van der Waals surface area contributed by atoms with Gasteiger partial charge in [0.1, 0.15) is 17.2 Å². The average molecular weight is 753 g/mol. The minimum absolute atomic E-state index is 0.368. The molecule has 272 valence electrons. The summed E-state index contributed by atoms with van der Waals surface area (Å²) in [5, 5.41) is 0. The second-order valence-electron chi connectivity index (χ2n) is 11.1. The Labute approximate surface area is 308 Å². The molecule has 10 nitrogen and oxygen atoms in total. The fraction of sp³-hybridized carbons (Fsp3) is 0.0488. The Kier molecular flexibility index (Phi) is 14.5. The summed E-state index contributed by atoms with van der Waals surface area (Å²) in [5.74, 6) is 0.796. The van der Waals surface area contributed by atoms with Crippen LogP contribution in [-0.2, 0) is 24.3 Å². The van der Waals surface area contributed by atoms with Gasteiger partial charge < -0.3 is 33.0 Å². The number of phosphoric acid groups is 2. The van der Waals surface area contributed by atoms with Gasteiger partial charge in [-0.1, -0.05) is 152 Å². The number of carbonyl (C=O) groups excluding carboxylic acids is 1. The normalized spacial score (nSPS) is 10.9. The Bertz CT molecular complexity index is 1880. The number of hydrogen-bond acceptors (Lipinski definition) is 7. The van der Waals surface area contributed by atoms with Gasteiger partial charge in [-0.2, -0.15) is 4.57 Å². The molecule has 0 aliphatic heterocycles. The van der Waals surface area contributed by atoms with Crippen LogP contribution in [0.3, 0.4) is 0 Å². The van der Waals surface area contributed by atoms with Crippen molar-refractivity contribution >= 4 is 21.6 Å². The van der Waals surface area contributed by atoms with E-state index < -0.39 is 27.2 Å². The van der Waals surface area contributed by atoms with Crippen molar-refractivity contribution in [2.45, 2.75) is 12.5 Å². The van der Waals surface area contributed by atoms with Crippen molar-refractivity contribution in [3.05, 3.63) is 211 Å². The van der Waals surface area contributed by atoms with Crippen molar-refractivity contribution in [3.8, 4) is 17.2 Å². The minimum atomic E-state index is -4.64. The third kappa shape index (κ3) is 12.8. The Balaban J connectivity index is 0.000000211. The number of hydrogen-bond donors (Lipinski definition) is 3. The van der Waals surface area contributed by atoms with Crippen molar-refractivity contribution < 1.29 is 46.9 Å². The van der Waals surface area contributed by atoms with Gasteiger partial charge >= 0.3 is 21.6 Å². The standard InChI is InChI=1S/C23H20O2.C18H15O4P.H3O4P/c1-18(2)22(24)25-23(19-12-6-3-7-13-19,20-14-8-4-9-15-20)21-16-10-5-11-17-21;19-23(20-16-10-4-1-5-11-16,21-17-12-6-2-7-13-17)22-18-14-8-3-9-15-18;1-5(2,3)4/h3-17H,1H2,2H3;1-15H;(H3,1,2,3,4). The molecule has 0 heterocycles. The van der Waals surface area contributed by atoms with Gasteiger partial charge in [-0.15, -0.1) is 0 Å². The SMILES string of the molecule is C=C(C)C(=O)OC(c1ccccc1)(c1ccccc1)c1ccccc1.O=P(O)(O)O.O=P(Oc1ccccc1)(Oc1ccccc1)Oc1ccccc1. The van der Waals surface area contributed by atoms with Gasteiger partial charge in [0, 0.05) is 22.3 Å². The van der Waals surface area contributed by atoms with Crippen LogP contribution < -0.4 is 13.6 Å². The molecular formula is C41H38O10P2. The van der Waals surface area contributed by atoms with E-state index in [1.807, 2.05) is 109 Å². The monoisotopic (exact) mass is 752 g/mol. The smallest absolute Gasteiger partial charge is 0.441 e. The zero-order chi connectivity index (χ0) is 38.2. The van der Waals surface area contributed by atoms with Crippen molar-refractivity contribution in [2.24, 2.45) is 0 Å². The molecule has 0 bridgehead atoms. The predicted octanol–water partition coefficient (Wildman–Crippen LogP) is 9.50. The molecule has 53 heavy (non-hydrogen) atoms. The first-order valence-corrected chi connectivity index (χ1v) is 19.1. The van der Waals surface area contributed by atoms with Crippen LogP contribution in [-0.4, -0.2) is 20.6 Å². The molecule has 0 spiro atoms. The summed E-state index contributed by atoms with van der Waals surface area (Å²) in [4.78, 5) is 34.1. The highest BCUT2D eigenvalue weighted by Gasteiger charge is 2.40. The Hall–Kier alpha value is -5.73. The van der Waals surface area contributed by atoms with Gasteiger partial charge in [-0.05, 0) is 43.3 Å². The fourth-order valence-corrected chi connectivity index (χ4v) is 6.06. The number of carbonyl (C=O) groups is 1. The third-order valence-electron chi connectivity index (χ3n) is 7.02. The summed E-state index contributed by atoms with van der Waals surface area (Å²) in [5.41, 5.74) is 2.01. The summed E-state index contributed by atoms with van der Waals surface area (Å²) in [6.45, 7) is 5.41. The van der Waals surface area contributed by atoms with Crippen LogP contribution in [0.1, 0.15) is 23.6 Å². The largest absolute Gasteiger partial charge is 0.647 e. The van der Waals surface area contributed by atoms with Crippen molar-refractivity contribution in [1.82, 2.24) is 0 Å². The molecule has 12 heteroatoms. The highest BCUT2D eigenvalue weighted by atomic mass is 31.2. The van der Waals surface area contributed by atoms with Crippen LogP contribution in [0.15, 0.2) is 194 Å². The average Bonchev–Trinajstić information content (AvgIpc) is 3.15. The van der Waals surface area contributed by atoms with E-state index in [0.717, 1.165) is 16.7 Å². The van der Waals surface area contributed by atoms with Gasteiger partial charge in [-0.3, -0.25) is 0 Å². The number of rotatable bonds is 11. The number of phosphoric ester groups is 1. The van der Waals surface area contributed by atoms with E-state index in [2.05, 4.69) is 6.58 Å². The van der Waals surface area contributed by atoms with E-state index in [1.165, 1.54) is 0 Å². The van der Waals surface area contributed by atoms with E-state index in [9.17, 15) is 9.36 Å². The molecule has 3 N–H and O–H groups in total. The summed E-state index contributed by atoms with van der Waals surface area (Å²) in [7, 11) is -8.52. The lowest BCUT2D eigenvalue weighted by atomic mass is 9.80. The molecule has 6 aromatic carbocycles. The van der Waals surface area contributed by atoms with Crippen LogP contribution in [0, 0.1) is 0 Å². The van der Waals surface area contributed by atoms with Crippen LogP contribution in [0.25, 0.3) is 0 Å². The summed E-state index contributed by atoms with van der Waals surface area (Å²) < 4.78 is 44.6. The maximum absolute atomic E-state index is 13.1. The zero-order valence-electron chi connectivity index (χ0n) is 28.6. The Morgan fingerprint density at radius 2 is 0.717 bits per heavy atom. The molecule has 0 unspecified atom stereocenters. The molecule has 0 amide bonds. The quantitative estimate of drug-likeness (QED) is 0.0506. The number of para-hydroxylation sites is 3. The van der Waals surface area contributed by atoms with E-state index in [4.69, 9.17) is 37.6 Å². The van der Waals surface area contributed by atoms with E-state index in [1.54, 1.807) is 79.7 Å². The van der Waals surface area contributed by atoms with Gasteiger partial charge in [-0.25, -0.2) is 9.36 Å². The number of benzene rings is 6. The molecule has 0 aliphatic carbocycles. The van der Waals surface area contributed by atoms with Gasteiger partial charge in [0.25, 0.3) is 0 Å². The summed E-state index contributed by atoms with van der Waals surface area (Å²) in [6, 6.07) is 55.8. The highest BCUT2D eigenvalue weighted by Crippen LogP contribution is 2.49. The fourth-order valence-electron chi connectivity index (χ4n) is 4.81. The van der Waals surface area contributed by atoms with Crippen molar-refractivity contribution in [3.63, 3.8) is 0 Å². The molecule has 0 aliphatic rings. The molecule has 6 aromatic rings. The summed E-state index contributed by atoms with van der Waals surface area (Å²) >= 11 is 0. The molecular weight excluding hydrogens is 714 g/mol. The van der Waals surface area contributed by atoms with E-state index in [-0.39, 0.29) is 0 Å². The second-order valence-corrected chi connectivity index (χ2v) is 13.6. The van der Waals surface area contributed by atoms with Gasteiger partial charge in [0.15, 0.2) is 5.60 Å². The molecule has 0 saturated heterocycles. The minimum Gasteiger partial charge on any atom is -0.441 e. The number of ether oxygens (including phenoxy) is 1. The second kappa shape index (κ2) is 19.2. The Morgan fingerprint density at radius 3 is 0.943 bits per heavy atom. The molecule has 6 rings (SSSR count). The van der Waals surface area contributed by atoms with E-state index >= 15 is 0 Å². The van der Waals surface area contributed by atoms with Crippen LogP contribution >= 0.6 is 15.6 Å². The Morgan fingerprint density at radius 1 is 0.491 bits per heavy atom. The topological polar surface area (TPSA) is 149 Å². The van der Waals surface area contributed by atoms with E-state index in [0.29, 0.717) is 22.8 Å². The lowest BCUT2D eigenvalue weighted by molar-refractivity contribution is -0.148. The summed E-state index contributed by atoms with van der Waals surface area (Å²) in [6.07, 6.45) is 0. The lowest BCUT2D eigenvalue weighted by Crippen LogP contribution is -2.35. The number of esters is 1. The zero-order valence-corrected chi connectivity index (χ0v) is 30.4. The van der Waals surface area contributed by atoms with Gasteiger partial charge in [0.05, 0.1) is 0 Å². The molecule has 0 saturated carbocycles. The van der Waals surface area contributed by atoms with Crippen molar-refractivity contribution in [1.29, 1.82) is 0 Å². The van der Waals surface area contributed by atoms with Crippen LogP contribution in [0.2, 0.25) is 0 Å². The predicted molar refractivity (Wildman–Crippen MR) is 203 cm³/mol. The third-order valence-corrected chi connectivity index (χ3v) is 8.32. The highest BCUT2D eigenvalue weighted by molar-refractivity contribution is 7.49. The van der Waals surface area contributed by atoms with Crippen LogP contribution in [0.5, 0.6) is 17.2 Å². The van der Waals surface area contributed by atoms with Crippen molar-refractivity contribution in [2.75, 3.05) is 0 Å².